The van der Waals surface area contributed by atoms with E-state index in [0.29, 0.717) is 48.4 Å². The van der Waals surface area contributed by atoms with E-state index in [1.54, 1.807) is 97.7 Å². The van der Waals surface area contributed by atoms with Crippen LogP contribution in [0.1, 0.15) is 41.5 Å². The van der Waals surface area contributed by atoms with Gasteiger partial charge in [-0.15, -0.1) is 0 Å². The molecule has 0 unspecified atom stereocenters. The van der Waals surface area contributed by atoms with Crippen LogP contribution in [0.2, 0.25) is 0 Å². The van der Waals surface area contributed by atoms with Crippen molar-refractivity contribution in [3.05, 3.63) is 119 Å². The van der Waals surface area contributed by atoms with Crippen molar-refractivity contribution in [3.63, 3.8) is 0 Å². The van der Waals surface area contributed by atoms with Gasteiger partial charge in [0.25, 0.3) is 0 Å². The van der Waals surface area contributed by atoms with Gasteiger partial charge in [0.1, 0.15) is 23.0 Å². The van der Waals surface area contributed by atoms with Gasteiger partial charge in [-0.1, -0.05) is 55.0 Å². The van der Waals surface area contributed by atoms with E-state index in [2.05, 4.69) is 25.3 Å². The van der Waals surface area contributed by atoms with E-state index in [1.807, 2.05) is 24.3 Å². The molecule has 0 radical (unpaired) electrons. The molecule has 4 aromatic rings. The number of phenolic OH excluding ortho intramolecular Hbond substituents is 4. The van der Waals surface area contributed by atoms with E-state index < -0.39 is 0 Å². The molecule has 0 saturated carbocycles. The molecule has 0 amide bonds. The van der Waals surface area contributed by atoms with E-state index in [4.69, 9.17) is 0 Å². The SMILES string of the molecule is C1CCNCC1.Oc1ccccc1C=NCCN=Cc1ccccc1O.Oc1ccccc1C=NCCN=Cc1ccccc1O.[Tb+3]. The van der Waals surface area contributed by atoms with Crippen molar-refractivity contribution in [1.82, 2.24) is 5.32 Å². The molecule has 0 spiro atoms. The molecule has 5 rings (SSSR count). The molecule has 10 heteroatoms. The molecule has 246 valence electrons. The van der Waals surface area contributed by atoms with E-state index >= 15 is 0 Å². The number of piperidine rings is 1. The van der Waals surface area contributed by atoms with Crippen molar-refractivity contribution < 1.29 is 59.0 Å². The second-order valence-corrected chi connectivity index (χ2v) is 10.2. The largest absolute Gasteiger partial charge is 3.00 e. The first-order valence-electron chi connectivity index (χ1n) is 15.4. The summed E-state index contributed by atoms with van der Waals surface area (Å²) in [6, 6.07) is 28.1. The van der Waals surface area contributed by atoms with Crippen molar-refractivity contribution in [2.75, 3.05) is 39.3 Å². The number of nitrogens with one attached hydrogen (secondary N) is 1. The summed E-state index contributed by atoms with van der Waals surface area (Å²) < 4.78 is 0. The molecule has 0 atom stereocenters. The van der Waals surface area contributed by atoms with Crippen molar-refractivity contribution >= 4 is 24.9 Å². The minimum atomic E-state index is 0. The third-order valence-electron chi connectivity index (χ3n) is 6.59. The van der Waals surface area contributed by atoms with Crippen LogP contribution in [0.15, 0.2) is 117 Å². The Morgan fingerprint density at radius 1 is 0.426 bits per heavy atom. The molecule has 47 heavy (non-hydrogen) atoms. The minimum absolute atomic E-state index is 0. The molecule has 1 fully saturated rings. The van der Waals surface area contributed by atoms with Gasteiger partial charge in [0.2, 0.25) is 0 Å². The summed E-state index contributed by atoms with van der Waals surface area (Å²) in [5.74, 6) is 0.867. The Morgan fingerprint density at radius 3 is 0.872 bits per heavy atom. The van der Waals surface area contributed by atoms with Crippen LogP contribution in [0, 0.1) is 38.6 Å². The third-order valence-corrected chi connectivity index (χ3v) is 6.59. The van der Waals surface area contributed by atoms with Gasteiger partial charge in [-0.2, -0.15) is 0 Å². The summed E-state index contributed by atoms with van der Waals surface area (Å²) >= 11 is 0. The zero-order chi connectivity index (χ0) is 32.7. The van der Waals surface area contributed by atoms with Crippen LogP contribution >= 0.6 is 0 Å². The number of hydrogen-bond acceptors (Lipinski definition) is 9. The number of benzene rings is 4. The first-order chi connectivity index (χ1) is 22.5. The smallest absolute Gasteiger partial charge is 0.507 e. The molecule has 0 bridgehead atoms. The second kappa shape index (κ2) is 24.2. The van der Waals surface area contributed by atoms with E-state index in [-0.39, 0.29) is 61.6 Å². The van der Waals surface area contributed by atoms with Gasteiger partial charge in [-0.05, 0) is 74.5 Å². The molecular formula is C37H43N5O4Tb+3. The molecule has 9 nitrogen and oxygen atoms in total. The fraction of sp³-hybridized carbons (Fsp3) is 0.243. The number of rotatable bonds is 10. The fourth-order valence-corrected chi connectivity index (χ4v) is 4.07. The molecule has 1 aliphatic heterocycles. The fourth-order valence-electron chi connectivity index (χ4n) is 4.07. The Balaban J connectivity index is 0.000000272. The minimum Gasteiger partial charge on any atom is -0.507 e. The zero-order valence-electron chi connectivity index (χ0n) is 26.3. The Morgan fingerprint density at radius 2 is 0.681 bits per heavy atom. The topological polar surface area (TPSA) is 142 Å². The van der Waals surface area contributed by atoms with Gasteiger partial charge in [0.15, 0.2) is 0 Å². The second-order valence-electron chi connectivity index (χ2n) is 10.2. The first-order valence-corrected chi connectivity index (χ1v) is 15.4. The van der Waals surface area contributed by atoms with Crippen LogP contribution < -0.4 is 5.32 Å². The number of aliphatic imine (C=N–C) groups is 4. The standard InChI is InChI=1S/2C16H16N2O2.C5H11N.Tb/c2*19-15-7-3-1-5-13(15)11-17-9-10-18-12-14-6-2-4-8-16(14)20;1-2-4-6-5-3-1;/h2*1-8,11-12,19-20H,9-10H2;6H,1-5H2;/q;;;+3. The molecule has 5 N–H and O–H groups in total. The third kappa shape index (κ3) is 16.4. The van der Waals surface area contributed by atoms with Gasteiger partial charge in [-0.25, -0.2) is 0 Å². The quantitative estimate of drug-likeness (QED) is 0.0988. The Labute approximate surface area is 308 Å². The zero-order valence-corrected chi connectivity index (χ0v) is 28.5. The Kier molecular flexibility index (Phi) is 20.2. The van der Waals surface area contributed by atoms with Gasteiger partial charge in [0.05, 0.1) is 26.2 Å². The van der Waals surface area contributed by atoms with Crippen LogP contribution in [0.3, 0.4) is 0 Å². The summed E-state index contributed by atoms with van der Waals surface area (Å²) in [6.07, 6.45) is 10.7. The van der Waals surface area contributed by atoms with Crippen LogP contribution in [0.4, 0.5) is 0 Å². The summed E-state index contributed by atoms with van der Waals surface area (Å²) in [7, 11) is 0. The summed E-state index contributed by atoms with van der Waals surface area (Å²) in [4.78, 5) is 16.8. The Hall–Kier alpha value is -3.99. The van der Waals surface area contributed by atoms with Crippen LogP contribution in [-0.2, 0) is 0 Å². The maximum Gasteiger partial charge on any atom is 3.00 e. The first kappa shape index (κ1) is 39.2. The maximum absolute atomic E-state index is 9.54. The van der Waals surface area contributed by atoms with Crippen molar-refractivity contribution in [2.45, 2.75) is 19.3 Å². The number of nitrogens with zero attached hydrogens (tertiary/aromatic N) is 4. The Bertz CT molecular complexity index is 1340. The number of para-hydroxylation sites is 4. The van der Waals surface area contributed by atoms with Crippen LogP contribution in [0.25, 0.3) is 0 Å². The maximum atomic E-state index is 9.54. The van der Waals surface area contributed by atoms with Crippen molar-refractivity contribution in [1.29, 1.82) is 0 Å². The van der Waals surface area contributed by atoms with Gasteiger partial charge in [-0.3, -0.25) is 20.0 Å². The van der Waals surface area contributed by atoms with E-state index in [9.17, 15) is 20.4 Å². The monoisotopic (exact) mass is 780 g/mol. The van der Waals surface area contributed by atoms with Gasteiger partial charge in [0, 0.05) is 47.1 Å². The average Bonchev–Trinajstić information content (AvgIpc) is 3.09. The molecule has 1 aliphatic rings. The van der Waals surface area contributed by atoms with Crippen molar-refractivity contribution in [2.24, 2.45) is 20.0 Å². The van der Waals surface area contributed by atoms with Gasteiger partial charge >= 0.3 is 38.6 Å². The van der Waals surface area contributed by atoms with Crippen LogP contribution in [0.5, 0.6) is 23.0 Å². The van der Waals surface area contributed by atoms with Crippen LogP contribution in [-0.4, -0.2) is 84.6 Å². The number of aromatic hydroxyl groups is 4. The predicted molar refractivity (Wildman–Crippen MR) is 189 cm³/mol. The number of phenols is 4. The molecule has 0 aromatic heterocycles. The molecule has 4 aromatic carbocycles. The molecule has 1 heterocycles. The average molecular weight is 781 g/mol. The van der Waals surface area contributed by atoms with E-state index in [1.165, 1.54) is 32.4 Å². The summed E-state index contributed by atoms with van der Waals surface area (Å²) in [5.41, 5.74) is 2.77. The van der Waals surface area contributed by atoms with Crippen molar-refractivity contribution in [3.8, 4) is 23.0 Å². The summed E-state index contributed by atoms with van der Waals surface area (Å²) in [6.45, 7) is 4.60. The molecule has 1 saturated heterocycles. The van der Waals surface area contributed by atoms with E-state index in [0.717, 1.165) is 0 Å². The normalized spacial score (nSPS) is 12.8. The summed E-state index contributed by atoms with van der Waals surface area (Å²) in [5, 5.41) is 41.5. The molecular weight excluding hydrogens is 737 g/mol. The predicted octanol–water partition coefficient (Wildman–Crippen LogP) is 6.03. The van der Waals surface area contributed by atoms with Gasteiger partial charge < -0.3 is 25.7 Å². The number of hydrogen-bond donors (Lipinski definition) is 5. The molecule has 0 aliphatic carbocycles.